The summed E-state index contributed by atoms with van der Waals surface area (Å²) in [4.78, 5) is 2.45. The summed E-state index contributed by atoms with van der Waals surface area (Å²) in [6, 6.07) is 69.7. The molecule has 0 atom stereocenters. The van der Waals surface area contributed by atoms with Gasteiger partial charge < -0.3 is 13.9 Å². The Morgan fingerprint density at radius 2 is 1.04 bits per heavy atom. The lowest BCUT2D eigenvalue weighted by molar-refractivity contribution is 0.672. The zero-order chi connectivity index (χ0) is 34.9. The van der Waals surface area contributed by atoms with E-state index in [1.807, 2.05) is 0 Å². The molecule has 0 saturated carbocycles. The molecule has 0 aliphatic carbocycles. The smallest absolute Gasteiger partial charge is 0.143 e. The first-order chi connectivity index (χ1) is 26.3. The van der Waals surface area contributed by atoms with Crippen LogP contribution in [0, 0.1) is 0 Å². The molecule has 11 aromatic rings. The van der Waals surface area contributed by atoms with Crippen molar-refractivity contribution >= 4 is 82.4 Å². The molecule has 0 aliphatic heterocycles. The van der Waals surface area contributed by atoms with E-state index in [-0.39, 0.29) is 0 Å². The van der Waals surface area contributed by atoms with Gasteiger partial charge in [0.1, 0.15) is 11.2 Å². The number of nitrogens with zero attached hydrogens (tertiary/aromatic N) is 2. The molecular weight excluding hydrogens is 645 g/mol. The Hall–Kier alpha value is -7.10. The van der Waals surface area contributed by atoms with Gasteiger partial charge in [-0.25, -0.2) is 0 Å². The summed E-state index contributed by atoms with van der Waals surface area (Å²) in [6.45, 7) is 0. The van der Waals surface area contributed by atoms with E-state index in [4.69, 9.17) is 4.42 Å². The van der Waals surface area contributed by atoms with Crippen LogP contribution in [-0.2, 0) is 0 Å². The highest BCUT2D eigenvalue weighted by atomic mass is 16.3. The average Bonchev–Trinajstić information content (AvgIpc) is 3.79. The van der Waals surface area contributed by atoms with Crippen LogP contribution in [-0.4, -0.2) is 4.57 Å². The molecule has 0 fully saturated rings. The summed E-state index contributed by atoms with van der Waals surface area (Å²) in [7, 11) is 0. The van der Waals surface area contributed by atoms with Crippen LogP contribution < -0.4 is 4.90 Å². The molecule has 3 heteroatoms. The monoisotopic (exact) mass is 676 g/mol. The zero-order valence-corrected chi connectivity index (χ0v) is 28.8. The maximum Gasteiger partial charge on any atom is 0.143 e. The largest absolute Gasteiger partial charge is 0.455 e. The minimum atomic E-state index is 0.864. The van der Waals surface area contributed by atoms with Gasteiger partial charge in [-0.05, 0) is 76.5 Å². The van der Waals surface area contributed by atoms with Crippen molar-refractivity contribution in [2.75, 3.05) is 4.90 Å². The van der Waals surface area contributed by atoms with Gasteiger partial charge in [-0.1, -0.05) is 140 Å². The molecule has 2 heterocycles. The van der Waals surface area contributed by atoms with E-state index >= 15 is 0 Å². The predicted molar refractivity (Wildman–Crippen MR) is 223 cm³/mol. The normalized spacial score (nSPS) is 11.8. The van der Waals surface area contributed by atoms with Crippen molar-refractivity contribution in [1.29, 1.82) is 0 Å². The van der Waals surface area contributed by atoms with Gasteiger partial charge in [0, 0.05) is 38.3 Å². The summed E-state index contributed by atoms with van der Waals surface area (Å²) >= 11 is 0. The zero-order valence-electron chi connectivity index (χ0n) is 28.8. The van der Waals surface area contributed by atoms with E-state index in [0.717, 1.165) is 61.2 Å². The lowest BCUT2D eigenvalue weighted by atomic mass is 10.0. The Labute approximate surface area is 306 Å². The van der Waals surface area contributed by atoms with Crippen molar-refractivity contribution in [3.05, 3.63) is 194 Å². The second kappa shape index (κ2) is 11.7. The highest BCUT2D eigenvalue weighted by molar-refractivity contribution is 6.25. The molecule has 11 rings (SSSR count). The average molecular weight is 677 g/mol. The third-order valence-corrected chi connectivity index (χ3v) is 10.7. The molecule has 53 heavy (non-hydrogen) atoms. The molecule has 0 N–H and O–H groups in total. The SMILES string of the molecule is c1ccc(-c2cccc(N(c3cccc4oc5c6ccccc6ccc5c34)c3cccc4c3c3ccc5ccccc5c3n4-c3ccccc3)c2)cc1. The Balaban J connectivity index is 1.28. The number of hydrogen-bond donors (Lipinski definition) is 0. The summed E-state index contributed by atoms with van der Waals surface area (Å²) in [6.07, 6.45) is 0. The third kappa shape index (κ3) is 4.54. The Kier molecular flexibility index (Phi) is 6.55. The van der Waals surface area contributed by atoms with Crippen molar-refractivity contribution in [3.63, 3.8) is 0 Å². The molecule has 0 amide bonds. The standard InChI is InChI=1S/C50H32N2O/c1-3-14-33(15-4-1)36-18-11-21-38(32-36)51(45-26-13-27-46-48(45)42-31-29-35-17-8-10-23-40(35)50(42)53-46)43-24-12-25-44-47(43)41-30-28-34-16-7-9-22-39(34)49(41)52(44)37-19-5-2-6-20-37/h1-32H. The fourth-order valence-corrected chi connectivity index (χ4v) is 8.42. The van der Waals surface area contributed by atoms with Crippen LogP contribution in [0.3, 0.4) is 0 Å². The molecule has 0 spiro atoms. The lowest BCUT2D eigenvalue weighted by Gasteiger charge is -2.27. The van der Waals surface area contributed by atoms with Crippen LogP contribution in [0.25, 0.3) is 82.1 Å². The fourth-order valence-electron chi connectivity index (χ4n) is 8.42. The second-order valence-corrected chi connectivity index (χ2v) is 13.7. The minimum Gasteiger partial charge on any atom is -0.455 e. The molecule has 248 valence electrons. The number of aromatic nitrogens is 1. The van der Waals surface area contributed by atoms with Crippen LogP contribution in [0.2, 0.25) is 0 Å². The molecular formula is C50H32N2O. The second-order valence-electron chi connectivity index (χ2n) is 13.7. The van der Waals surface area contributed by atoms with Crippen molar-refractivity contribution in [2.45, 2.75) is 0 Å². The summed E-state index contributed by atoms with van der Waals surface area (Å²) in [5.41, 5.74) is 10.8. The molecule has 2 aromatic heterocycles. The molecule has 0 saturated heterocycles. The first-order valence-corrected chi connectivity index (χ1v) is 18.1. The van der Waals surface area contributed by atoms with Gasteiger partial charge in [-0.3, -0.25) is 0 Å². The van der Waals surface area contributed by atoms with E-state index in [1.54, 1.807) is 0 Å². The number of para-hydroxylation sites is 1. The van der Waals surface area contributed by atoms with Gasteiger partial charge in [0.2, 0.25) is 0 Å². The Bertz CT molecular complexity index is 3170. The van der Waals surface area contributed by atoms with Crippen LogP contribution in [0.5, 0.6) is 0 Å². The van der Waals surface area contributed by atoms with Gasteiger partial charge in [-0.2, -0.15) is 0 Å². The van der Waals surface area contributed by atoms with Gasteiger partial charge in [0.25, 0.3) is 0 Å². The van der Waals surface area contributed by atoms with E-state index in [9.17, 15) is 0 Å². The molecule has 9 aromatic carbocycles. The predicted octanol–water partition coefficient (Wildman–Crippen LogP) is 14.1. The Morgan fingerprint density at radius 1 is 0.415 bits per heavy atom. The topological polar surface area (TPSA) is 21.3 Å². The molecule has 0 bridgehead atoms. The number of anilines is 3. The number of furan rings is 1. The molecule has 0 aliphatic rings. The molecule has 0 radical (unpaired) electrons. The van der Waals surface area contributed by atoms with E-state index in [0.29, 0.717) is 0 Å². The molecule has 0 unspecified atom stereocenters. The van der Waals surface area contributed by atoms with Gasteiger partial charge >= 0.3 is 0 Å². The van der Waals surface area contributed by atoms with E-state index in [2.05, 4.69) is 204 Å². The quantitative estimate of drug-likeness (QED) is 0.181. The van der Waals surface area contributed by atoms with Crippen LogP contribution in [0.4, 0.5) is 17.1 Å². The van der Waals surface area contributed by atoms with Crippen molar-refractivity contribution in [2.24, 2.45) is 0 Å². The van der Waals surface area contributed by atoms with Crippen molar-refractivity contribution in [1.82, 2.24) is 4.57 Å². The fraction of sp³-hybridized carbons (Fsp3) is 0. The summed E-state index contributed by atoms with van der Waals surface area (Å²) in [5.74, 6) is 0. The van der Waals surface area contributed by atoms with Crippen LogP contribution in [0.15, 0.2) is 199 Å². The van der Waals surface area contributed by atoms with E-state index in [1.165, 1.54) is 38.0 Å². The lowest BCUT2D eigenvalue weighted by Crippen LogP contribution is -2.11. The highest BCUT2D eigenvalue weighted by Crippen LogP contribution is 2.49. The summed E-state index contributed by atoms with van der Waals surface area (Å²) in [5, 5.41) is 9.31. The number of benzene rings is 9. The molecule has 3 nitrogen and oxygen atoms in total. The summed E-state index contributed by atoms with van der Waals surface area (Å²) < 4.78 is 9.20. The Morgan fingerprint density at radius 3 is 1.85 bits per heavy atom. The maximum atomic E-state index is 6.76. The number of fused-ring (bicyclic) bond motifs is 10. The maximum absolute atomic E-state index is 6.76. The van der Waals surface area contributed by atoms with Crippen molar-refractivity contribution in [3.8, 4) is 16.8 Å². The van der Waals surface area contributed by atoms with Gasteiger partial charge in [-0.15, -0.1) is 0 Å². The first-order valence-electron chi connectivity index (χ1n) is 18.1. The highest BCUT2D eigenvalue weighted by Gasteiger charge is 2.25. The number of hydrogen-bond acceptors (Lipinski definition) is 2. The van der Waals surface area contributed by atoms with E-state index < -0.39 is 0 Å². The number of rotatable bonds is 5. The van der Waals surface area contributed by atoms with Crippen LogP contribution >= 0.6 is 0 Å². The van der Waals surface area contributed by atoms with Gasteiger partial charge in [0.15, 0.2) is 0 Å². The van der Waals surface area contributed by atoms with Gasteiger partial charge in [0.05, 0.1) is 27.8 Å². The first kappa shape index (κ1) is 29.6. The third-order valence-electron chi connectivity index (χ3n) is 10.7. The minimum absolute atomic E-state index is 0.864. The van der Waals surface area contributed by atoms with Crippen molar-refractivity contribution < 1.29 is 4.42 Å². The van der Waals surface area contributed by atoms with Crippen LogP contribution in [0.1, 0.15) is 0 Å².